The number of piperidine rings is 1. The molecule has 110 valence electrons. The van der Waals surface area contributed by atoms with Crippen molar-refractivity contribution in [3.05, 3.63) is 24.4 Å². The van der Waals surface area contributed by atoms with Crippen LogP contribution in [0.5, 0.6) is 0 Å². The average Bonchev–Trinajstić information content (AvgIpc) is 2.91. The predicted octanol–water partition coefficient (Wildman–Crippen LogP) is 0.926. The summed E-state index contributed by atoms with van der Waals surface area (Å²) < 4.78 is 1.74. The molecule has 7 heteroatoms. The number of nitrogens with one attached hydrogen (secondary N) is 1. The summed E-state index contributed by atoms with van der Waals surface area (Å²) in [6, 6.07) is 5.55. The first-order chi connectivity index (χ1) is 10.1. The molecule has 2 aromatic rings. The molecule has 3 heterocycles. The van der Waals surface area contributed by atoms with Crippen molar-refractivity contribution in [1.29, 1.82) is 0 Å². The van der Waals surface area contributed by atoms with E-state index in [-0.39, 0.29) is 17.7 Å². The van der Waals surface area contributed by atoms with Gasteiger partial charge < -0.3 is 4.90 Å². The molecule has 0 radical (unpaired) electrons. The molecule has 2 aromatic heterocycles. The summed E-state index contributed by atoms with van der Waals surface area (Å²) >= 11 is 0. The first-order valence-electron chi connectivity index (χ1n) is 7.01. The van der Waals surface area contributed by atoms with Crippen LogP contribution in [0.25, 0.3) is 5.65 Å². The standard InChI is InChI=1S/C14H17N5O2/c1-10(20)18-8-5-11(6-9-18)13(21)15-14-17-16-12-4-2-3-7-19(12)14/h2-4,7,11H,5-6,8-9H2,1H3,(H,15,17,21). The molecule has 3 rings (SSSR count). The molecule has 0 aliphatic carbocycles. The highest BCUT2D eigenvalue weighted by Crippen LogP contribution is 2.19. The minimum atomic E-state index is -0.0864. The van der Waals surface area contributed by atoms with Gasteiger partial charge in [0.1, 0.15) is 0 Å². The van der Waals surface area contributed by atoms with Gasteiger partial charge in [0.15, 0.2) is 5.65 Å². The highest BCUT2D eigenvalue weighted by Gasteiger charge is 2.26. The molecular formula is C14H17N5O2. The number of rotatable bonds is 2. The molecular weight excluding hydrogens is 270 g/mol. The Morgan fingerprint density at radius 1 is 1.24 bits per heavy atom. The van der Waals surface area contributed by atoms with Crippen molar-refractivity contribution in [2.24, 2.45) is 5.92 Å². The van der Waals surface area contributed by atoms with Crippen LogP contribution in [-0.4, -0.2) is 44.4 Å². The second-order valence-electron chi connectivity index (χ2n) is 5.22. The number of hydrogen-bond acceptors (Lipinski definition) is 4. The van der Waals surface area contributed by atoms with Crippen LogP contribution in [0, 0.1) is 5.92 Å². The van der Waals surface area contributed by atoms with Gasteiger partial charge in [0.25, 0.3) is 0 Å². The van der Waals surface area contributed by atoms with E-state index in [1.807, 2.05) is 24.4 Å². The Kier molecular flexibility index (Phi) is 3.55. The van der Waals surface area contributed by atoms with Gasteiger partial charge in [0.05, 0.1) is 0 Å². The second kappa shape index (κ2) is 5.51. The summed E-state index contributed by atoms with van der Waals surface area (Å²) in [5.41, 5.74) is 0.694. The van der Waals surface area contributed by atoms with Crippen molar-refractivity contribution in [3.63, 3.8) is 0 Å². The Balaban J connectivity index is 1.66. The van der Waals surface area contributed by atoms with Crippen molar-refractivity contribution in [2.45, 2.75) is 19.8 Å². The van der Waals surface area contributed by atoms with Gasteiger partial charge in [-0.3, -0.25) is 19.3 Å². The van der Waals surface area contributed by atoms with Gasteiger partial charge in [0.2, 0.25) is 17.8 Å². The molecule has 7 nitrogen and oxygen atoms in total. The van der Waals surface area contributed by atoms with E-state index in [1.54, 1.807) is 16.2 Å². The zero-order chi connectivity index (χ0) is 14.8. The van der Waals surface area contributed by atoms with E-state index in [1.165, 1.54) is 0 Å². The van der Waals surface area contributed by atoms with Crippen molar-refractivity contribution in [3.8, 4) is 0 Å². The summed E-state index contributed by atoms with van der Waals surface area (Å²) in [5.74, 6) is 0.356. The molecule has 21 heavy (non-hydrogen) atoms. The van der Waals surface area contributed by atoms with Crippen molar-refractivity contribution in [1.82, 2.24) is 19.5 Å². The zero-order valence-electron chi connectivity index (χ0n) is 11.8. The molecule has 1 fully saturated rings. The molecule has 1 N–H and O–H groups in total. The fourth-order valence-corrected chi connectivity index (χ4v) is 2.60. The predicted molar refractivity (Wildman–Crippen MR) is 76.6 cm³/mol. The molecule has 1 saturated heterocycles. The lowest BCUT2D eigenvalue weighted by molar-refractivity contribution is -0.132. The third-order valence-electron chi connectivity index (χ3n) is 3.86. The van der Waals surface area contributed by atoms with Gasteiger partial charge in [0, 0.05) is 32.1 Å². The lowest BCUT2D eigenvalue weighted by Crippen LogP contribution is -2.40. The molecule has 1 aliphatic rings. The minimum Gasteiger partial charge on any atom is -0.343 e. The summed E-state index contributed by atoms with van der Waals surface area (Å²) in [6.45, 7) is 2.82. The van der Waals surface area contributed by atoms with Gasteiger partial charge in [-0.2, -0.15) is 0 Å². The van der Waals surface area contributed by atoms with Crippen LogP contribution in [0.1, 0.15) is 19.8 Å². The number of carbonyl (C=O) groups excluding carboxylic acids is 2. The van der Waals surface area contributed by atoms with E-state index in [2.05, 4.69) is 15.5 Å². The highest BCUT2D eigenvalue weighted by molar-refractivity contribution is 5.91. The van der Waals surface area contributed by atoms with E-state index in [4.69, 9.17) is 0 Å². The van der Waals surface area contributed by atoms with Crippen LogP contribution in [0.4, 0.5) is 5.95 Å². The van der Waals surface area contributed by atoms with Crippen LogP contribution in [0.3, 0.4) is 0 Å². The fraction of sp³-hybridized carbons (Fsp3) is 0.429. The molecule has 1 aliphatic heterocycles. The second-order valence-corrected chi connectivity index (χ2v) is 5.22. The number of nitrogens with zero attached hydrogens (tertiary/aromatic N) is 4. The van der Waals surface area contributed by atoms with Gasteiger partial charge in [-0.25, -0.2) is 0 Å². The van der Waals surface area contributed by atoms with Crippen LogP contribution in [0.15, 0.2) is 24.4 Å². The first-order valence-corrected chi connectivity index (χ1v) is 7.01. The number of aromatic nitrogens is 3. The Bertz CT molecular complexity index is 673. The number of anilines is 1. The number of fused-ring (bicyclic) bond motifs is 1. The van der Waals surface area contributed by atoms with Gasteiger partial charge in [-0.1, -0.05) is 6.07 Å². The number of carbonyl (C=O) groups is 2. The molecule has 2 amide bonds. The maximum absolute atomic E-state index is 12.3. The Morgan fingerprint density at radius 3 is 2.71 bits per heavy atom. The number of amides is 2. The molecule has 0 aromatic carbocycles. The normalized spacial score (nSPS) is 16.1. The monoisotopic (exact) mass is 287 g/mol. The first kappa shape index (κ1) is 13.5. The van der Waals surface area contributed by atoms with Crippen molar-refractivity contribution >= 4 is 23.4 Å². The SMILES string of the molecule is CC(=O)N1CCC(C(=O)Nc2nnc3ccccn23)CC1. The van der Waals surface area contributed by atoms with E-state index in [9.17, 15) is 9.59 Å². The summed E-state index contributed by atoms with van der Waals surface area (Å²) in [7, 11) is 0. The highest BCUT2D eigenvalue weighted by atomic mass is 16.2. The average molecular weight is 287 g/mol. The molecule has 0 bridgehead atoms. The van der Waals surface area contributed by atoms with E-state index >= 15 is 0 Å². The van der Waals surface area contributed by atoms with E-state index in [0.717, 1.165) is 0 Å². The van der Waals surface area contributed by atoms with Crippen LogP contribution < -0.4 is 5.32 Å². The van der Waals surface area contributed by atoms with Crippen LogP contribution in [0.2, 0.25) is 0 Å². The largest absolute Gasteiger partial charge is 0.343 e. The number of pyridine rings is 1. The van der Waals surface area contributed by atoms with Crippen molar-refractivity contribution < 1.29 is 9.59 Å². The summed E-state index contributed by atoms with van der Waals surface area (Å²) in [4.78, 5) is 25.3. The van der Waals surface area contributed by atoms with Crippen LogP contribution in [-0.2, 0) is 9.59 Å². The van der Waals surface area contributed by atoms with Crippen molar-refractivity contribution in [2.75, 3.05) is 18.4 Å². The Labute approximate surface area is 122 Å². The minimum absolute atomic E-state index is 0.0589. The maximum Gasteiger partial charge on any atom is 0.235 e. The summed E-state index contributed by atoms with van der Waals surface area (Å²) in [5, 5.41) is 10.8. The Hall–Kier alpha value is -2.44. The lowest BCUT2D eigenvalue weighted by atomic mass is 9.96. The van der Waals surface area contributed by atoms with Gasteiger partial charge >= 0.3 is 0 Å². The molecule has 0 spiro atoms. The van der Waals surface area contributed by atoms with Gasteiger partial charge in [-0.15, -0.1) is 10.2 Å². The zero-order valence-corrected chi connectivity index (χ0v) is 11.8. The molecule has 0 atom stereocenters. The summed E-state index contributed by atoms with van der Waals surface area (Å²) in [6.07, 6.45) is 3.17. The number of likely N-dealkylation sites (tertiary alicyclic amines) is 1. The Morgan fingerprint density at radius 2 is 2.00 bits per heavy atom. The third kappa shape index (κ3) is 2.72. The molecule has 0 unspecified atom stereocenters. The van der Waals surface area contributed by atoms with E-state index < -0.39 is 0 Å². The van der Waals surface area contributed by atoms with Gasteiger partial charge in [-0.05, 0) is 25.0 Å². The third-order valence-corrected chi connectivity index (χ3v) is 3.86. The lowest BCUT2D eigenvalue weighted by Gasteiger charge is -2.30. The fourth-order valence-electron chi connectivity index (χ4n) is 2.60. The van der Waals surface area contributed by atoms with E-state index in [0.29, 0.717) is 37.5 Å². The van der Waals surface area contributed by atoms with Crippen LogP contribution >= 0.6 is 0 Å². The number of hydrogen-bond donors (Lipinski definition) is 1. The smallest absolute Gasteiger partial charge is 0.235 e. The molecule has 0 saturated carbocycles. The maximum atomic E-state index is 12.3. The topological polar surface area (TPSA) is 79.6 Å². The quantitative estimate of drug-likeness (QED) is 0.891.